The lowest BCUT2D eigenvalue weighted by molar-refractivity contribution is -0.0828. The Hall–Kier alpha value is -0.760. The Morgan fingerprint density at radius 2 is 2.10 bits per heavy atom. The fourth-order valence-corrected chi connectivity index (χ4v) is 4.48. The summed E-state index contributed by atoms with van der Waals surface area (Å²) < 4.78 is 13.9. The molecule has 0 aliphatic carbocycles. The highest BCUT2D eigenvalue weighted by molar-refractivity contribution is 9.10. The van der Waals surface area contributed by atoms with Gasteiger partial charge in [-0.1, -0.05) is 0 Å². The van der Waals surface area contributed by atoms with E-state index in [0.29, 0.717) is 17.7 Å². The average Bonchev–Trinajstić information content (AvgIpc) is 2.82. The van der Waals surface area contributed by atoms with E-state index in [1.807, 2.05) is 5.38 Å². The van der Waals surface area contributed by atoms with Crippen LogP contribution in [0.1, 0.15) is 0 Å². The van der Waals surface area contributed by atoms with Crippen molar-refractivity contribution < 1.29 is 9.47 Å². The maximum absolute atomic E-state index is 6.27. The molecule has 2 unspecified atom stereocenters. The second kappa shape index (κ2) is 5.22. The fraction of sp³-hybridized carbons (Fsp3) is 0.538. The molecule has 2 aromatic heterocycles. The zero-order chi connectivity index (χ0) is 13.5. The number of nitrogens with one attached hydrogen (secondary N) is 1. The number of piperidine rings is 1. The van der Waals surface area contributed by atoms with Crippen molar-refractivity contribution >= 4 is 37.5 Å². The molecule has 2 saturated heterocycles. The average molecular weight is 356 g/mol. The molecule has 5 nitrogen and oxygen atoms in total. The number of halogens is 1. The van der Waals surface area contributed by atoms with Crippen LogP contribution in [-0.4, -0.2) is 42.4 Å². The van der Waals surface area contributed by atoms with Gasteiger partial charge in [-0.05, 0) is 15.9 Å². The second-order valence-electron chi connectivity index (χ2n) is 5.24. The van der Waals surface area contributed by atoms with Crippen LogP contribution in [0.15, 0.2) is 16.2 Å². The Bertz CT molecular complexity index is 613. The first-order valence-corrected chi connectivity index (χ1v) is 8.33. The summed E-state index contributed by atoms with van der Waals surface area (Å²) in [5.74, 6) is 1.50. The van der Waals surface area contributed by atoms with Gasteiger partial charge in [0.15, 0.2) is 0 Å². The quantitative estimate of drug-likeness (QED) is 0.893. The third-order valence-electron chi connectivity index (χ3n) is 3.93. The fourth-order valence-electron chi connectivity index (χ4n) is 2.96. The van der Waals surface area contributed by atoms with Gasteiger partial charge in [-0.3, -0.25) is 0 Å². The van der Waals surface area contributed by atoms with Crippen LogP contribution < -0.4 is 10.1 Å². The van der Waals surface area contributed by atoms with E-state index >= 15 is 0 Å². The minimum absolute atomic E-state index is 0.184. The first kappa shape index (κ1) is 12.9. The van der Waals surface area contributed by atoms with E-state index in [-0.39, 0.29) is 6.10 Å². The zero-order valence-electron chi connectivity index (χ0n) is 10.7. The van der Waals surface area contributed by atoms with E-state index in [2.05, 4.69) is 31.2 Å². The first-order chi connectivity index (χ1) is 9.83. The van der Waals surface area contributed by atoms with Crippen molar-refractivity contribution in [2.24, 2.45) is 11.8 Å². The summed E-state index contributed by atoms with van der Waals surface area (Å²) in [5.41, 5.74) is 0.926. The maximum atomic E-state index is 6.27. The molecule has 4 rings (SSSR count). The Morgan fingerprint density at radius 1 is 1.30 bits per heavy atom. The topological polar surface area (TPSA) is 56.3 Å². The van der Waals surface area contributed by atoms with Crippen molar-refractivity contribution in [2.75, 3.05) is 26.3 Å². The van der Waals surface area contributed by atoms with Crippen molar-refractivity contribution in [2.45, 2.75) is 6.10 Å². The molecule has 1 N–H and O–H groups in total. The van der Waals surface area contributed by atoms with Gasteiger partial charge < -0.3 is 14.8 Å². The van der Waals surface area contributed by atoms with Crippen LogP contribution in [0.5, 0.6) is 5.88 Å². The molecule has 0 aromatic carbocycles. The summed E-state index contributed by atoms with van der Waals surface area (Å²) in [6.45, 7) is 3.42. The van der Waals surface area contributed by atoms with Crippen molar-refractivity contribution in [1.82, 2.24) is 15.3 Å². The Kier molecular flexibility index (Phi) is 3.37. The molecule has 2 aliphatic heterocycles. The predicted molar refractivity (Wildman–Crippen MR) is 80.2 cm³/mol. The zero-order valence-corrected chi connectivity index (χ0v) is 13.1. The molecule has 4 heterocycles. The highest BCUT2D eigenvalue weighted by Gasteiger charge is 2.39. The van der Waals surface area contributed by atoms with Gasteiger partial charge in [-0.2, -0.15) is 0 Å². The van der Waals surface area contributed by atoms with Crippen LogP contribution in [0.25, 0.3) is 10.2 Å². The monoisotopic (exact) mass is 355 g/mol. The first-order valence-electron chi connectivity index (χ1n) is 6.66. The summed E-state index contributed by atoms with van der Waals surface area (Å²) in [5, 5.41) is 5.47. The van der Waals surface area contributed by atoms with E-state index < -0.39 is 0 Å². The van der Waals surface area contributed by atoms with E-state index in [1.165, 1.54) is 0 Å². The van der Waals surface area contributed by atoms with Crippen molar-refractivity contribution in [3.8, 4) is 5.88 Å². The van der Waals surface area contributed by atoms with Gasteiger partial charge in [0.1, 0.15) is 22.6 Å². The molecule has 106 valence electrons. The minimum atomic E-state index is 0.184. The van der Waals surface area contributed by atoms with Crippen LogP contribution >= 0.6 is 27.3 Å². The predicted octanol–water partition coefficient (Wildman–Crippen LogP) is 2.07. The molecule has 2 fully saturated rings. The van der Waals surface area contributed by atoms with E-state index in [4.69, 9.17) is 9.47 Å². The third kappa shape index (κ3) is 2.13. The summed E-state index contributed by atoms with van der Waals surface area (Å²) in [6, 6.07) is 0. The molecular weight excluding hydrogens is 342 g/mol. The molecule has 7 heteroatoms. The SMILES string of the molecule is Brc1csc2c(OC3C4CNCC3COC4)ncnc12. The maximum Gasteiger partial charge on any atom is 0.235 e. The van der Waals surface area contributed by atoms with Crippen molar-refractivity contribution in [1.29, 1.82) is 0 Å². The van der Waals surface area contributed by atoms with Crippen LogP contribution in [-0.2, 0) is 4.74 Å². The smallest absolute Gasteiger partial charge is 0.235 e. The number of nitrogens with zero attached hydrogens (tertiary/aromatic N) is 2. The number of rotatable bonds is 2. The molecule has 20 heavy (non-hydrogen) atoms. The molecular formula is C13H14BrN3O2S. The van der Waals surface area contributed by atoms with Gasteiger partial charge in [-0.15, -0.1) is 11.3 Å². The summed E-state index contributed by atoms with van der Waals surface area (Å²) in [7, 11) is 0. The molecule has 0 amide bonds. The largest absolute Gasteiger partial charge is 0.472 e. The van der Waals surface area contributed by atoms with Gasteiger partial charge in [0.05, 0.1) is 17.7 Å². The lowest BCUT2D eigenvalue weighted by Gasteiger charge is -2.41. The van der Waals surface area contributed by atoms with Gasteiger partial charge in [-0.25, -0.2) is 9.97 Å². The number of thiophene rings is 1. The van der Waals surface area contributed by atoms with Crippen molar-refractivity contribution in [3.63, 3.8) is 0 Å². The minimum Gasteiger partial charge on any atom is -0.472 e. The number of fused-ring (bicyclic) bond motifs is 3. The van der Waals surface area contributed by atoms with Gasteiger partial charge in [0.2, 0.25) is 5.88 Å². The Labute approximate surface area is 128 Å². The van der Waals surface area contributed by atoms with Crippen LogP contribution in [0.2, 0.25) is 0 Å². The summed E-state index contributed by atoms with van der Waals surface area (Å²) in [4.78, 5) is 8.64. The number of hydrogen-bond acceptors (Lipinski definition) is 6. The molecule has 2 aromatic rings. The Balaban J connectivity index is 1.67. The van der Waals surface area contributed by atoms with Gasteiger partial charge >= 0.3 is 0 Å². The lowest BCUT2D eigenvalue weighted by atomic mass is 9.86. The standard InChI is InChI=1S/C13H14BrN3O2S/c14-9-5-20-12-10(9)16-6-17-13(12)19-11-7-1-15-2-8(11)4-18-3-7/h5-8,11,15H,1-4H2. The third-order valence-corrected chi connectivity index (χ3v) is 5.80. The molecule has 2 bridgehead atoms. The molecule has 2 aliphatic rings. The number of ether oxygens (including phenoxy) is 2. The molecule has 0 radical (unpaired) electrons. The molecule has 2 atom stereocenters. The van der Waals surface area contributed by atoms with Gasteiger partial charge in [0, 0.05) is 30.3 Å². The van der Waals surface area contributed by atoms with E-state index in [1.54, 1.807) is 17.7 Å². The number of aromatic nitrogens is 2. The van der Waals surface area contributed by atoms with Crippen molar-refractivity contribution in [3.05, 3.63) is 16.2 Å². The highest BCUT2D eigenvalue weighted by atomic mass is 79.9. The second-order valence-corrected chi connectivity index (χ2v) is 6.97. The summed E-state index contributed by atoms with van der Waals surface area (Å²) in [6.07, 6.45) is 1.76. The van der Waals surface area contributed by atoms with Gasteiger partial charge in [0.25, 0.3) is 0 Å². The van der Waals surface area contributed by atoms with Crippen LogP contribution in [0.3, 0.4) is 0 Å². The highest BCUT2D eigenvalue weighted by Crippen LogP contribution is 2.36. The van der Waals surface area contributed by atoms with E-state index in [9.17, 15) is 0 Å². The van der Waals surface area contributed by atoms with Crippen LogP contribution in [0.4, 0.5) is 0 Å². The van der Waals surface area contributed by atoms with E-state index in [0.717, 1.165) is 41.0 Å². The molecule has 0 saturated carbocycles. The Morgan fingerprint density at radius 3 is 2.90 bits per heavy atom. The molecule has 0 spiro atoms. The van der Waals surface area contributed by atoms with Crippen LogP contribution in [0, 0.1) is 11.8 Å². The lowest BCUT2D eigenvalue weighted by Crippen LogP contribution is -2.56. The normalized spacial score (nSPS) is 29.6. The summed E-state index contributed by atoms with van der Waals surface area (Å²) >= 11 is 5.12. The number of hydrogen-bond donors (Lipinski definition) is 1.